The molecule has 2 rings (SSSR count). The summed E-state index contributed by atoms with van der Waals surface area (Å²) in [7, 11) is 3.45. The van der Waals surface area contributed by atoms with E-state index in [1.165, 1.54) is 0 Å². The van der Waals surface area contributed by atoms with Gasteiger partial charge in [-0.1, -0.05) is 24.9 Å². The van der Waals surface area contributed by atoms with E-state index in [1.807, 2.05) is 19.2 Å². The van der Waals surface area contributed by atoms with E-state index in [-0.39, 0.29) is 0 Å². The van der Waals surface area contributed by atoms with Crippen LogP contribution < -0.4 is 10.1 Å². The molecule has 0 saturated heterocycles. The number of hydrogen-bond donors (Lipinski definition) is 1. The lowest BCUT2D eigenvalue weighted by atomic mass is 10.1. The molecule has 1 aromatic heterocycles. The first-order chi connectivity index (χ1) is 10.1. The van der Waals surface area contributed by atoms with Crippen LogP contribution in [0.1, 0.15) is 19.0 Å². The maximum atomic E-state index is 6.01. The van der Waals surface area contributed by atoms with Gasteiger partial charge in [0.05, 0.1) is 22.8 Å². The van der Waals surface area contributed by atoms with E-state index in [4.69, 9.17) is 16.3 Å². The molecule has 0 aliphatic heterocycles. The van der Waals surface area contributed by atoms with Gasteiger partial charge in [0.2, 0.25) is 0 Å². The Morgan fingerprint density at radius 1 is 1.33 bits per heavy atom. The van der Waals surface area contributed by atoms with Crippen LogP contribution >= 0.6 is 27.5 Å². The van der Waals surface area contributed by atoms with Crippen molar-refractivity contribution in [2.75, 3.05) is 19.5 Å². The highest BCUT2D eigenvalue weighted by atomic mass is 79.9. The third-order valence-electron chi connectivity index (χ3n) is 3.05. The highest BCUT2D eigenvalue weighted by Crippen LogP contribution is 2.33. The Kier molecular flexibility index (Phi) is 5.42. The SMILES string of the molecule is CCCc1nc(-c2ccc(Cl)cc2OC)nc(NC)c1Br. The summed E-state index contributed by atoms with van der Waals surface area (Å²) in [5.41, 5.74) is 1.80. The van der Waals surface area contributed by atoms with Gasteiger partial charge in [-0.2, -0.15) is 0 Å². The smallest absolute Gasteiger partial charge is 0.165 e. The zero-order valence-electron chi connectivity index (χ0n) is 12.2. The van der Waals surface area contributed by atoms with Gasteiger partial charge in [0.1, 0.15) is 11.6 Å². The second-order valence-corrected chi connectivity index (χ2v) is 5.73. The summed E-state index contributed by atoms with van der Waals surface area (Å²) in [6, 6.07) is 5.45. The van der Waals surface area contributed by atoms with Crippen LogP contribution in [0.2, 0.25) is 5.02 Å². The van der Waals surface area contributed by atoms with Crippen LogP contribution in [-0.4, -0.2) is 24.1 Å². The summed E-state index contributed by atoms with van der Waals surface area (Å²) in [6.45, 7) is 2.12. The van der Waals surface area contributed by atoms with Crippen LogP contribution in [0.25, 0.3) is 11.4 Å². The molecule has 0 unspecified atom stereocenters. The number of aryl methyl sites for hydroxylation is 1. The van der Waals surface area contributed by atoms with E-state index in [0.29, 0.717) is 16.6 Å². The summed E-state index contributed by atoms with van der Waals surface area (Å²) >= 11 is 9.56. The van der Waals surface area contributed by atoms with Gasteiger partial charge < -0.3 is 10.1 Å². The molecule has 1 heterocycles. The molecular formula is C15H17BrClN3O. The first-order valence-electron chi connectivity index (χ1n) is 6.68. The fourth-order valence-electron chi connectivity index (χ4n) is 2.03. The lowest BCUT2D eigenvalue weighted by molar-refractivity contribution is 0.416. The molecule has 0 spiro atoms. The Bertz CT molecular complexity index is 649. The number of halogens is 2. The van der Waals surface area contributed by atoms with Crippen LogP contribution in [0.3, 0.4) is 0 Å². The predicted octanol–water partition coefficient (Wildman–Crippen LogP) is 4.56. The normalized spacial score (nSPS) is 10.5. The Labute approximate surface area is 138 Å². The zero-order valence-corrected chi connectivity index (χ0v) is 14.5. The quantitative estimate of drug-likeness (QED) is 0.838. The Morgan fingerprint density at radius 3 is 2.71 bits per heavy atom. The molecule has 6 heteroatoms. The molecule has 0 saturated carbocycles. The minimum Gasteiger partial charge on any atom is -0.496 e. The van der Waals surface area contributed by atoms with Gasteiger partial charge in [0.25, 0.3) is 0 Å². The number of anilines is 1. The van der Waals surface area contributed by atoms with Crippen LogP contribution in [0.4, 0.5) is 5.82 Å². The molecule has 0 atom stereocenters. The maximum Gasteiger partial charge on any atom is 0.165 e. The molecule has 0 fully saturated rings. The zero-order chi connectivity index (χ0) is 15.4. The molecular weight excluding hydrogens is 354 g/mol. The minimum absolute atomic E-state index is 0.621. The van der Waals surface area contributed by atoms with Gasteiger partial charge in [-0.25, -0.2) is 9.97 Å². The lowest BCUT2D eigenvalue weighted by Gasteiger charge is -2.13. The van der Waals surface area contributed by atoms with Crippen LogP contribution in [-0.2, 0) is 6.42 Å². The number of ether oxygens (including phenoxy) is 1. The molecule has 0 aliphatic carbocycles. The van der Waals surface area contributed by atoms with Crippen LogP contribution in [0, 0.1) is 0 Å². The molecule has 21 heavy (non-hydrogen) atoms. The Morgan fingerprint density at radius 2 is 2.10 bits per heavy atom. The second kappa shape index (κ2) is 7.09. The fourth-order valence-corrected chi connectivity index (χ4v) is 2.77. The van der Waals surface area contributed by atoms with E-state index in [2.05, 4.69) is 38.1 Å². The van der Waals surface area contributed by atoms with E-state index in [0.717, 1.165) is 34.4 Å². The minimum atomic E-state index is 0.621. The van der Waals surface area contributed by atoms with Crippen molar-refractivity contribution in [1.29, 1.82) is 0 Å². The largest absolute Gasteiger partial charge is 0.496 e. The van der Waals surface area contributed by atoms with E-state index in [1.54, 1.807) is 13.2 Å². The number of hydrogen-bond acceptors (Lipinski definition) is 4. The Hall–Kier alpha value is -1.33. The number of nitrogens with one attached hydrogen (secondary N) is 1. The molecule has 2 aromatic rings. The average Bonchev–Trinajstić information content (AvgIpc) is 2.49. The van der Waals surface area contributed by atoms with Gasteiger partial charge >= 0.3 is 0 Å². The van der Waals surface area contributed by atoms with Crippen molar-refractivity contribution in [3.8, 4) is 17.1 Å². The third-order valence-corrected chi connectivity index (χ3v) is 4.12. The Balaban J connectivity index is 2.60. The fraction of sp³-hybridized carbons (Fsp3) is 0.333. The van der Waals surface area contributed by atoms with Crippen molar-refractivity contribution in [3.05, 3.63) is 33.4 Å². The van der Waals surface area contributed by atoms with Gasteiger partial charge in [0.15, 0.2) is 5.82 Å². The second-order valence-electron chi connectivity index (χ2n) is 4.50. The maximum absolute atomic E-state index is 6.01. The van der Waals surface area contributed by atoms with Crippen molar-refractivity contribution in [2.24, 2.45) is 0 Å². The van der Waals surface area contributed by atoms with Gasteiger partial charge in [-0.15, -0.1) is 0 Å². The molecule has 1 aromatic carbocycles. The van der Waals surface area contributed by atoms with E-state index >= 15 is 0 Å². The topological polar surface area (TPSA) is 47.0 Å². The monoisotopic (exact) mass is 369 g/mol. The summed E-state index contributed by atoms with van der Waals surface area (Å²) in [5.74, 6) is 2.05. The predicted molar refractivity (Wildman–Crippen MR) is 90.3 cm³/mol. The van der Waals surface area contributed by atoms with Crippen LogP contribution in [0.5, 0.6) is 5.75 Å². The van der Waals surface area contributed by atoms with Crippen molar-refractivity contribution in [1.82, 2.24) is 9.97 Å². The third kappa shape index (κ3) is 3.47. The summed E-state index contributed by atoms with van der Waals surface area (Å²) in [5, 5.41) is 3.71. The average molecular weight is 371 g/mol. The van der Waals surface area contributed by atoms with Gasteiger partial charge in [0, 0.05) is 12.1 Å². The van der Waals surface area contributed by atoms with Crippen molar-refractivity contribution in [3.63, 3.8) is 0 Å². The first-order valence-corrected chi connectivity index (χ1v) is 7.85. The number of benzene rings is 1. The lowest BCUT2D eigenvalue weighted by Crippen LogP contribution is -2.04. The highest BCUT2D eigenvalue weighted by Gasteiger charge is 2.15. The molecule has 1 N–H and O–H groups in total. The molecule has 0 amide bonds. The summed E-state index contributed by atoms with van der Waals surface area (Å²) in [6.07, 6.45) is 1.89. The molecule has 0 aliphatic rings. The number of methoxy groups -OCH3 is 1. The highest BCUT2D eigenvalue weighted by molar-refractivity contribution is 9.10. The molecule has 112 valence electrons. The van der Waals surface area contributed by atoms with Crippen molar-refractivity contribution < 1.29 is 4.74 Å². The van der Waals surface area contributed by atoms with Gasteiger partial charge in [-0.05, 0) is 40.5 Å². The van der Waals surface area contributed by atoms with Crippen molar-refractivity contribution >= 4 is 33.3 Å². The van der Waals surface area contributed by atoms with Gasteiger partial charge in [-0.3, -0.25) is 0 Å². The number of aromatic nitrogens is 2. The first kappa shape index (κ1) is 16.0. The van der Waals surface area contributed by atoms with Crippen molar-refractivity contribution in [2.45, 2.75) is 19.8 Å². The molecule has 0 radical (unpaired) electrons. The van der Waals surface area contributed by atoms with Crippen LogP contribution in [0.15, 0.2) is 22.7 Å². The summed E-state index contributed by atoms with van der Waals surface area (Å²) in [4.78, 5) is 9.21. The molecule has 4 nitrogen and oxygen atoms in total. The number of nitrogens with zero attached hydrogens (tertiary/aromatic N) is 2. The van der Waals surface area contributed by atoms with E-state index < -0.39 is 0 Å². The molecule has 0 bridgehead atoms. The summed E-state index contributed by atoms with van der Waals surface area (Å²) < 4.78 is 6.29. The van der Waals surface area contributed by atoms with E-state index in [9.17, 15) is 0 Å². The standard InChI is InChI=1S/C15H17BrClN3O/c1-4-5-11-13(16)15(18-2)20-14(19-11)10-7-6-9(17)8-12(10)21-3/h6-8H,4-5H2,1-3H3,(H,18,19,20). The number of rotatable bonds is 5.